The third kappa shape index (κ3) is 8.03. The van der Waals surface area contributed by atoms with Gasteiger partial charge in [-0.25, -0.2) is 4.79 Å². The number of hydrogen-bond donors (Lipinski definition) is 0. The van der Waals surface area contributed by atoms with Crippen LogP contribution in [-0.2, 0) is 63.7 Å². The fraction of sp³-hybridized carbons (Fsp3) is 0.697. The van der Waals surface area contributed by atoms with E-state index in [1.165, 1.54) is 21.0 Å². The highest BCUT2D eigenvalue weighted by Gasteiger charge is 2.61. The van der Waals surface area contributed by atoms with Crippen LogP contribution in [-0.4, -0.2) is 80.2 Å². The van der Waals surface area contributed by atoms with E-state index < -0.39 is 72.4 Å². The van der Waals surface area contributed by atoms with Gasteiger partial charge in [0.05, 0.1) is 39.3 Å². The van der Waals surface area contributed by atoms with Gasteiger partial charge in [-0.05, 0) is 23.8 Å². The molecule has 3 heterocycles. The molecule has 0 aromatic heterocycles. The molecule has 12 heteroatoms. The van der Waals surface area contributed by atoms with Gasteiger partial charge in [0.15, 0.2) is 12.4 Å². The van der Waals surface area contributed by atoms with Crippen LogP contribution >= 0.6 is 0 Å². The van der Waals surface area contributed by atoms with Crippen molar-refractivity contribution in [3.63, 3.8) is 0 Å². The normalized spacial score (nSPS) is 34.2. The first-order chi connectivity index (χ1) is 21.4. The molecule has 3 unspecified atom stereocenters. The summed E-state index contributed by atoms with van der Waals surface area (Å²) in [5.74, 6) is -4.93. The van der Waals surface area contributed by atoms with Crippen molar-refractivity contribution in [2.24, 2.45) is 23.7 Å². The van der Waals surface area contributed by atoms with E-state index in [2.05, 4.69) is 20.8 Å². The SMILES string of the molecule is CC[C@@H](OC(C)=O)[C@@H](OC(C)=O)C1O[C@@](OCC2O[C@H](OCc3ccccc3)C(C)[C@@H](C)[C@@H]2C)(C(=O)OC)C[C@H]2OC(=O)C[C@@H]12. The van der Waals surface area contributed by atoms with Crippen molar-refractivity contribution in [1.29, 1.82) is 0 Å². The molecule has 1 aromatic carbocycles. The molecule has 1 aromatic rings. The molecule has 4 rings (SSSR count). The fourth-order valence-corrected chi connectivity index (χ4v) is 6.50. The third-order valence-electron chi connectivity index (χ3n) is 9.31. The second kappa shape index (κ2) is 15.0. The number of ether oxygens (including phenoxy) is 8. The van der Waals surface area contributed by atoms with Crippen molar-refractivity contribution in [3.8, 4) is 0 Å². The van der Waals surface area contributed by atoms with Crippen LogP contribution in [0.15, 0.2) is 30.3 Å². The number of carbonyl (C=O) groups excluding carboxylic acids is 4. The highest BCUT2D eigenvalue weighted by Crippen LogP contribution is 2.45. The van der Waals surface area contributed by atoms with E-state index >= 15 is 0 Å². The van der Waals surface area contributed by atoms with Crippen molar-refractivity contribution < 1.29 is 57.1 Å². The molecule has 250 valence electrons. The van der Waals surface area contributed by atoms with Crippen LogP contribution in [0.2, 0.25) is 0 Å². The zero-order valence-corrected chi connectivity index (χ0v) is 27.1. The topological polar surface area (TPSA) is 142 Å². The van der Waals surface area contributed by atoms with E-state index in [0.717, 1.165) is 5.56 Å². The second-order valence-corrected chi connectivity index (χ2v) is 12.3. The lowest BCUT2D eigenvalue weighted by Gasteiger charge is -2.47. The average molecular weight is 635 g/mol. The summed E-state index contributed by atoms with van der Waals surface area (Å²) in [6.07, 6.45) is -4.93. The lowest BCUT2D eigenvalue weighted by Crippen LogP contribution is -2.62. The van der Waals surface area contributed by atoms with Gasteiger partial charge in [-0.2, -0.15) is 0 Å². The fourth-order valence-electron chi connectivity index (χ4n) is 6.50. The van der Waals surface area contributed by atoms with Crippen molar-refractivity contribution in [1.82, 2.24) is 0 Å². The van der Waals surface area contributed by atoms with Crippen molar-refractivity contribution >= 4 is 23.9 Å². The smallest absolute Gasteiger partial charge is 0.366 e. The van der Waals surface area contributed by atoms with E-state index in [9.17, 15) is 19.2 Å². The van der Waals surface area contributed by atoms with E-state index in [0.29, 0.717) is 6.61 Å². The van der Waals surface area contributed by atoms with Crippen LogP contribution in [0.5, 0.6) is 0 Å². The zero-order valence-electron chi connectivity index (χ0n) is 27.1. The number of hydrogen-bond acceptors (Lipinski definition) is 12. The Hall–Kier alpha value is -3.06. The third-order valence-corrected chi connectivity index (χ3v) is 9.31. The number of esters is 4. The molecule has 0 N–H and O–H groups in total. The molecule has 0 saturated carbocycles. The second-order valence-electron chi connectivity index (χ2n) is 12.3. The van der Waals surface area contributed by atoms with Crippen LogP contribution < -0.4 is 0 Å². The maximum atomic E-state index is 13.5. The summed E-state index contributed by atoms with van der Waals surface area (Å²) in [6, 6.07) is 9.79. The van der Waals surface area contributed by atoms with Gasteiger partial charge in [0.25, 0.3) is 5.79 Å². The molecule has 0 radical (unpaired) electrons. The van der Waals surface area contributed by atoms with Gasteiger partial charge in [0.2, 0.25) is 0 Å². The molecule has 3 aliphatic rings. The molecule has 0 spiro atoms. The zero-order chi connectivity index (χ0) is 32.9. The molecule has 0 amide bonds. The summed E-state index contributed by atoms with van der Waals surface area (Å²) in [6.45, 7) is 10.8. The van der Waals surface area contributed by atoms with Crippen LogP contribution in [0, 0.1) is 23.7 Å². The maximum absolute atomic E-state index is 13.5. The number of benzene rings is 1. The molecule has 0 bridgehead atoms. The first kappa shape index (κ1) is 34.8. The monoisotopic (exact) mass is 634 g/mol. The minimum atomic E-state index is -2.03. The lowest BCUT2D eigenvalue weighted by atomic mass is 9.79. The Morgan fingerprint density at radius 1 is 1.00 bits per heavy atom. The van der Waals surface area contributed by atoms with Gasteiger partial charge < -0.3 is 37.9 Å². The molecule has 0 aliphatic carbocycles. The number of carbonyl (C=O) groups is 4. The molecular weight excluding hydrogens is 588 g/mol. The van der Waals surface area contributed by atoms with Crippen molar-refractivity contribution in [2.45, 2.75) is 110 Å². The van der Waals surface area contributed by atoms with Gasteiger partial charge in [-0.1, -0.05) is 58.0 Å². The maximum Gasteiger partial charge on any atom is 0.366 e. The molecule has 45 heavy (non-hydrogen) atoms. The largest absolute Gasteiger partial charge is 0.465 e. The number of rotatable bonds is 12. The Morgan fingerprint density at radius 3 is 2.31 bits per heavy atom. The minimum absolute atomic E-state index is 0.0185. The van der Waals surface area contributed by atoms with Crippen LogP contribution in [0.25, 0.3) is 0 Å². The van der Waals surface area contributed by atoms with Crippen molar-refractivity contribution in [2.75, 3.05) is 13.7 Å². The molecule has 3 saturated heterocycles. The Labute approximate surface area is 264 Å². The lowest BCUT2D eigenvalue weighted by molar-refractivity contribution is -0.331. The highest BCUT2D eigenvalue weighted by molar-refractivity contribution is 5.79. The highest BCUT2D eigenvalue weighted by atomic mass is 16.8. The standard InChI is InChI=1S/C33H46O12/c1-8-25(41-21(5)34)30(42-22(6)35)29-24-14-28(36)43-26(24)15-33(45-29,32(37)38-7)40-17-27-19(3)18(2)20(4)31(44-27)39-16-23-12-10-9-11-13-23/h9-13,18-20,24-27,29-31H,8,14-17H2,1-7H3/t18-,19-,20?,24+,25+,26+,27?,29?,30+,31-,33+/m0/s1. The van der Waals surface area contributed by atoms with E-state index in [1.54, 1.807) is 6.92 Å². The van der Waals surface area contributed by atoms with Crippen LogP contribution in [0.4, 0.5) is 0 Å². The summed E-state index contributed by atoms with van der Waals surface area (Å²) >= 11 is 0. The molecule has 3 aliphatic heterocycles. The van der Waals surface area contributed by atoms with E-state index in [1.807, 2.05) is 30.3 Å². The minimum Gasteiger partial charge on any atom is -0.465 e. The van der Waals surface area contributed by atoms with Gasteiger partial charge in [-0.15, -0.1) is 0 Å². The summed E-state index contributed by atoms with van der Waals surface area (Å²) in [5.41, 5.74) is 1.01. The van der Waals surface area contributed by atoms with Crippen LogP contribution in [0.3, 0.4) is 0 Å². The van der Waals surface area contributed by atoms with Gasteiger partial charge in [0, 0.05) is 25.7 Å². The Kier molecular flexibility index (Phi) is 11.6. The molecule has 11 atom stereocenters. The Bertz CT molecular complexity index is 1190. The summed E-state index contributed by atoms with van der Waals surface area (Å²) in [4.78, 5) is 50.2. The summed E-state index contributed by atoms with van der Waals surface area (Å²) in [7, 11) is 1.20. The predicted molar refractivity (Wildman–Crippen MR) is 157 cm³/mol. The number of methoxy groups -OCH3 is 1. The Morgan fingerprint density at radius 2 is 1.69 bits per heavy atom. The average Bonchev–Trinajstić information content (AvgIpc) is 3.39. The van der Waals surface area contributed by atoms with Gasteiger partial charge in [0.1, 0.15) is 18.3 Å². The predicted octanol–water partition coefficient (Wildman–Crippen LogP) is 3.72. The van der Waals surface area contributed by atoms with Gasteiger partial charge >= 0.3 is 23.9 Å². The Balaban J connectivity index is 1.60. The number of fused-ring (bicyclic) bond motifs is 1. The first-order valence-electron chi connectivity index (χ1n) is 15.6. The summed E-state index contributed by atoms with van der Waals surface area (Å²) < 4.78 is 47.3. The van der Waals surface area contributed by atoms with E-state index in [-0.39, 0.29) is 43.6 Å². The molecule has 12 nitrogen and oxygen atoms in total. The van der Waals surface area contributed by atoms with E-state index in [4.69, 9.17) is 37.9 Å². The van der Waals surface area contributed by atoms with Crippen molar-refractivity contribution in [3.05, 3.63) is 35.9 Å². The molecule has 3 fully saturated rings. The quantitative estimate of drug-likeness (QED) is 0.244. The first-order valence-corrected chi connectivity index (χ1v) is 15.6. The van der Waals surface area contributed by atoms with Crippen LogP contribution in [0.1, 0.15) is 66.4 Å². The van der Waals surface area contributed by atoms with Gasteiger partial charge in [-0.3, -0.25) is 14.4 Å². The molecular formula is C33H46O12. The summed E-state index contributed by atoms with van der Waals surface area (Å²) in [5, 5.41) is 0.